The normalized spacial score (nSPS) is 10.1. The number of H-pyrrole nitrogens is 1. The molecule has 1 amide bonds. The minimum Gasteiger partial charge on any atom is -0.397 e. The van der Waals surface area contributed by atoms with E-state index in [0.717, 1.165) is 0 Å². The zero-order chi connectivity index (χ0) is 15.4. The van der Waals surface area contributed by atoms with Crippen LogP contribution in [0.1, 0.15) is 28.5 Å². The zero-order valence-corrected chi connectivity index (χ0v) is 11.6. The van der Waals surface area contributed by atoms with Gasteiger partial charge in [0.15, 0.2) is 0 Å². The number of amides is 1. The summed E-state index contributed by atoms with van der Waals surface area (Å²) in [6.45, 7) is 2.37. The standard InChI is InChI=1S/C15H15FN4O/c1-2-20(15(21)14-6-12(18)8-19-14)9-11-4-3-10(7-17)5-13(11)16/h3-6,8,19H,2,9,18H2,1H3. The number of benzene rings is 1. The van der Waals surface area contributed by atoms with Crippen LogP contribution in [0.5, 0.6) is 0 Å². The Balaban J connectivity index is 2.19. The molecule has 0 fully saturated rings. The van der Waals surface area contributed by atoms with Gasteiger partial charge < -0.3 is 15.6 Å². The highest BCUT2D eigenvalue weighted by Gasteiger charge is 2.17. The summed E-state index contributed by atoms with van der Waals surface area (Å²) in [6, 6.07) is 7.63. The second kappa shape index (κ2) is 6.09. The number of nitrogens with one attached hydrogen (secondary N) is 1. The van der Waals surface area contributed by atoms with Crippen molar-refractivity contribution in [2.75, 3.05) is 12.3 Å². The number of carbonyl (C=O) groups excluding carboxylic acids is 1. The molecule has 5 nitrogen and oxygen atoms in total. The van der Waals surface area contributed by atoms with Gasteiger partial charge in [0.1, 0.15) is 11.5 Å². The molecule has 0 saturated carbocycles. The Kier molecular flexibility index (Phi) is 4.24. The summed E-state index contributed by atoms with van der Waals surface area (Å²) < 4.78 is 13.9. The van der Waals surface area contributed by atoms with Crippen molar-refractivity contribution in [1.82, 2.24) is 9.88 Å². The Hall–Kier alpha value is -2.81. The predicted molar refractivity (Wildman–Crippen MR) is 76.7 cm³/mol. The SMILES string of the molecule is CCN(Cc1ccc(C#N)cc1F)C(=O)c1cc(N)c[nH]1. The molecule has 0 bridgehead atoms. The Labute approximate surface area is 121 Å². The topological polar surface area (TPSA) is 85.9 Å². The molecule has 2 aromatic rings. The van der Waals surface area contributed by atoms with Crippen molar-refractivity contribution in [2.24, 2.45) is 0 Å². The molecular weight excluding hydrogens is 271 g/mol. The van der Waals surface area contributed by atoms with Crippen LogP contribution in [0, 0.1) is 17.1 Å². The molecule has 0 saturated heterocycles. The van der Waals surface area contributed by atoms with Crippen LogP contribution in [-0.2, 0) is 6.54 Å². The van der Waals surface area contributed by atoms with Crippen molar-refractivity contribution in [3.63, 3.8) is 0 Å². The molecule has 0 spiro atoms. The van der Waals surface area contributed by atoms with Gasteiger partial charge in [-0.2, -0.15) is 5.26 Å². The average Bonchev–Trinajstić information content (AvgIpc) is 2.92. The lowest BCUT2D eigenvalue weighted by Gasteiger charge is -2.20. The Morgan fingerprint density at radius 3 is 2.76 bits per heavy atom. The molecule has 1 heterocycles. The maximum Gasteiger partial charge on any atom is 0.270 e. The van der Waals surface area contributed by atoms with E-state index in [1.807, 2.05) is 13.0 Å². The van der Waals surface area contributed by atoms with Gasteiger partial charge in [0.05, 0.1) is 11.6 Å². The van der Waals surface area contributed by atoms with Gasteiger partial charge >= 0.3 is 0 Å². The number of aromatic amines is 1. The number of carbonyl (C=O) groups is 1. The number of nitrogens with two attached hydrogens (primary N) is 1. The van der Waals surface area contributed by atoms with Crippen LogP contribution in [-0.4, -0.2) is 22.3 Å². The summed E-state index contributed by atoms with van der Waals surface area (Å²) >= 11 is 0. The first-order valence-electron chi connectivity index (χ1n) is 6.46. The van der Waals surface area contributed by atoms with Crippen molar-refractivity contribution in [3.8, 4) is 6.07 Å². The minimum atomic E-state index is -0.494. The lowest BCUT2D eigenvalue weighted by Crippen LogP contribution is -2.30. The fraction of sp³-hybridized carbons (Fsp3) is 0.200. The van der Waals surface area contributed by atoms with Crippen LogP contribution in [0.3, 0.4) is 0 Å². The van der Waals surface area contributed by atoms with E-state index < -0.39 is 5.82 Å². The fourth-order valence-electron chi connectivity index (χ4n) is 1.98. The Morgan fingerprint density at radius 1 is 1.48 bits per heavy atom. The number of rotatable bonds is 4. The van der Waals surface area contributed by atoms with E-state index in [4.69, 9.17) is 11.0 Å². The molecule has 3 N–H and O–H groups in total. The van der Waals surface area contributed by atoms with Crippen molar-refractivity contribution >= 4 is 11.6 Å². The van der Waals surface area contributed by atoms with Crippen LogP contribution in [0.15, 0.2) is 30.5 Å². The smallest absolute Gasteiger partial charge is 0.270 e. The van der Waals surface area contributed by atoms with Gasteiger partial charge in [-0.05, 0) is 25.1 Å². The predicted octanol–water partition coefficient (Wildman–Crippen LogP) is 2.27. The van der Waals surface area contributed by atoms with Gasteiger partial charge in [-0.3, -0.25) is 4.79 Å². The minimum absolute atomic E-state index is 0.131. The molecule has 0 aliphatic carbocycles. The first kappa shape index (κ1) is 14.6. The second-order valence-electron chi connectivity index (χ2n) is 4.58. The van der Waals surface area contributed by atoms with Gasteiger partial charge in [-0.15, -0.1) is 0 Å². The molecule has 6 heteroatoms. The molecule has 1 aromatic heterocycles. The largest absolute Gasteiger partial charge is 0.397 e. The highest BCUT2D eigenvalue weighted by atomic mass is 19.1. The summed E-state index contributed by atoms with van der Waals surface area (Å²) in [7, 11) is 0. The van der Waals surface area contributed by atoms with E-state index in [2.05, 4.69) is 4.98 Å². The third-order valence-electron chi connectivity index (χ3n) is 3.15. The molecule has 1 aromatic carbocycles. The molecule has 0 radical (unpaired) electrons. The van der Waals surface area contributed by atoms with E-state index in [-0.39, 0.29) is 18.0 Å². The van der Waals surface area contributed by atoms with Crippen molar-refractivity contribution < 1.29 is 9.18 Å². The van der Waals surface area contributed by atoms with Crippen LogP contribution in [0.25, 0.3) is 0 Å². The fourth-order valence-corrected chi connectivity index (χ4v) is 1.98. The van der Waals surface area contributed by atoms with E-state index in [1.54, 1.807) is 6.07 Å². The zero-order valence-electron chi connectivity index (χ0n) is 11.6. The van der Waals surface area contributed by atoms with Crippen LogP contribution < -0.4 is 5.73 Å². The molecule has 0 aliphatic rings. The van der Waals surface area contributed by atoms with Crippen LogP contribution in [0.2, 0.25) is 0 Å². The maximum absolute atomic E-state index is 13.9. The van der Waals surface area contributed by atoms with E-state index >= 15 is 0 Å². The van der Waals surface area contributed by atoms with Crippen LogP contribution >= 0.6 is 0 Å². The molecule has 21 heavy (non-hydrogen) atoms. The molecule has 0 aliphatic heterocycles. The third-order valence-corrected chi connectivity index (χ3v) is 3.15. The highest BCUT2D eigenvalue weighted by Crippen LogP contribution is 2.15. The Morgan fingerprint density at radius 2 is 2.24 bits per heavy atom. The van der Waals surface area contributed by atoms with Crippen LogP contribution in [0.4, 0.5) is 10.1 Å². The first-order valence-corrected chi connectivity index (χ1v) is 6.46. The summed E-state index contributed by atoms with van der Waals surface area (Å²) in [6.07, 6.45) is 1.53. The quantitative estimate of drug-likeness (QED) is 0.904. The van der Waals surface area contributed by atoms with E-state index in [0.29, 0.717) is 23.5 Å². The van der Waals surface area contributed by atoms with Gasteiger partial charge in [0.2, 0.25) is 0 Å². The van der Waals surface area contributed by atoms with E-state index in [9.17, 15) is 9.18 Å². The van der Waals surface area contributed by atoms with Gasteiger partial charge in [-0.1, -0.05) is 6.07 Å². The highest BCUT2D eigenvalue weighted by molar-refractivity contribution is 5.93. The van der Waals surface area contributed by atoms with Gasteiger partial charge in [0.25, 0.3) is 5.91 Å². The third kappa shape index (κ3) is 3.20. The Bertz CT molecular complexity index is 702. The maximum atomic E-state index is 13.9. The van der Waals surface area contributed by atoms with Gasteiger partial charge in [0, 0.05) is 30.5 Å². The summed E-state index contributed by atoms with van der Waals surface area (Å²) in [5, 5.41) is 8.72. The summed E-state index contributed by atoms with van der Waals surface area (Å²) in [4.78, 5) is 16.6. The number of aromatic nitrogens is 1. The number of nitriles is 1. The summed E-state index contributed by atoms with van der Waals surface area (Å²) in [5.74, 6) is -0.746. The number of hydrogen-bond acceptors (Lipinski definition) is 3. The number of nitrogen functional groups attached to an aromatic ring is 1. The number of anilines is 1. The summed E-state index contributed by atoms with van der Waals surface area (Å²) in [5.41, 5.74) is 7.03. The first-order chi connectivity index (χ1) is 10.0. The number of halogens is 1. The number of hydrogen-bond donors (Lipinski definition) is 2. The molecule has 0 atom stereocenters. The second-order valence-corrected chi connectivity index (χ2v) is 4.58. The molecule has 2 rings (SSSR count). The molecule has 0 unspecified atom stereocenters. The monoisotopic (exact) mass is 286 g/mol. The van der Waals surface area contributed by atoms with Crippen molar-refractivity contribution in [3.05, 3.63) is 53.1 Å². The van der Waals surface area contributed by atoms with E-state index in [1.165, 1.54) is 29.3 Å². The lowest BCUT2D eigenvalue weighted by atomic mass is 10.1. The molecular formula is C15H15FN4O. The molecule has 108 valence electrons. The average molecular weight is 286 g/mol. The van der Waals surface area contributed by atoms with Crippen molar-refractivity contribution in [1.29, 1.82) is 5.26 Å². The van der Waals surface area contributed by atoms with Crippen molar-refractivity contribution in [2.45, 2.75) is 13.5 Å². The number of nitrogens with zero attached hydrogens (tertiary/aromatic N) is 2. The van der Waals surface area contributed by atoms with Gasteiger partial charge in [-0.25, -0.2) is 4.39 Å². The lowest BCUT2D eigenvalue weighted by molar-refractivity contribution is 0.0746.